The van der Waals surface area contributed by atoms with Crippen molar-refractivity contribution >= 4 is 0 Å². The maximum Gasteiger partial charge on any atom is 0.165 e. The molecule has 0 radical (unpaired) electrons. The van der Waals surface area contributed by atoms with Crippen molar-refractivity contribution in [3.05, 3.63) is 5.82 Å². The monoisotopic (exact) mass is 255 g/mol. The fraction of sp³-hybridized carbons (Fsp3) is 0.909. The minimum atomic E-state index is 0.341. The van der Waals surface area contributed by atoms with Gasteiger partial charge in [-0.1, -0.05) is 6.92 Å². The molecule has 7 heteroatoms. The van der Waals surface area contributed by atoms with Gasteiger partial charge in [0.25, 0.3) is 0 Å². The highest BCUT2D eigenvalue weighted by atomic mass is 16.5. The minimum Gasteiger partial charge on any atom is -0.383 e. The van der Waals surface area contributed by atoms with Crippen LogP contribution in [0.4, 0.5) is 0 Å². The molecule has 2 atom stereocenters. The second kappa shape index (κ2) is 6.77. The maximum atomic E-state index is 5.45. The van der Waals surface area contributed by atoms with E-state index in [4.69, 9.17) is 9.47 Å². The number of rotatable bonds is 6. The predicted molar refractivity (Wildman–Crippen MR) is 65.0 cm³/mol. The molecule has 1 aliphatic rings. The van der Waals surface area contributed by atoms with E-state index in [-0.39, 0.29) is 0 Å². The van der Waals surface area contributed by atoms with Gasteiger partial charge in [-0.2, -0.15) is 0 Å². The zero-order valence-corrected chi connectivity index (χ0v) is 11.0. The Balaban J connectivity index is 1.93. The van der Waals surface area contributed by atoms with Crippen LogP contribution in [0.2, 0.25) is 0 Å². The molecule has 0 spiro atoms. The number of aromatic nitrogens is 4. The lowest BCUT2D eigenvalue weighted by Crippen LogP contribution is -2.31. The maximum absolute atomic E-state index is 5.45. The highest BCUT2D eigenvalue weighted by Gasteiger charge is 2.26. The van der Waals surface area contributed by atoms with Crippen molar-refractivity contribution in [2.75, 3.05) is 33.5 Å². The van der Waals surface area contributed by atoms with Crippen LogP contribution in [0.5, 0.6) is 0 Å². The zero-order valence-electron chi connectivity index (χ0n) is 11.0. The Kier molecular flexibility index (Phi) is 5.03. The van der Waals surface area contributed by atoms with Gasteiger partial charge in [-0.05, 0) is 16.8 Å². The van der Waals surface area contributed by atoms with Crippen molar-refractivity contribution in [1.29, 1.82) is 0 Å². The van der Waals surface area contributed by atoms with Gasteiger partial charge in [-0.25, -0.2) is 4.68 Å². The molecule has 1 N–H and O–H groups in total. The van der Waals surface area contributed by atoms with Crippen molar-refractivity contribution in [2.45, 2.75) is 25.9 Å². The topological polar surface area (TPSA) is 74.1 Å². The lowest BCUT2D eigenvalue weighted by Gasteiger charge is -2.29. The van der Waals surface area contributed by atoms with Crippen LogP contribution in [-0.2, 0) is 16.0 Å². The molecule has 102 valence electrons. The fourth-order valence-electron chi connectivity index (χ4n) is 2.19. The molecule has 1 aromatic rings. The van der Waals surface area contributed by atoms with Gasteiger partial charge in [0.2, 0.25) is 0 Å². The number of hydrogen-bond acceptors (Lipinski definition) is 6. The largest absolute Gasteiger partial charge is 0.383 e. The van der Waals surface area contributed by atoms with E-state index in [1.807, 2.05) is 4.68 Å². The van der Waals surface area contributed by atoms with E-state index in [1.165, 1.54) is 0 Å². The Labute approximate surface area is 107 Å². The molecule has 1 fully saturated rings. The summed E-state index contributed by atoms with van der Waals surface area (Å²) >= 11 is 0. The number of hydrogen-bond donors (Lipinski definition) is 1. The van der Waals surface area contributed by atoms with Crippen molar-refractivity contribution in [1.82, 2.24) is 25.5 Å². The van der Waals surface area contributed by atoms with Gasteiger partial charge in [-0.3, -0.25) is 0 Å². The fourth-order valence-corrected chi connectivity index (χ4v) is 2.19. The Morgan fingerprint density at radius 3 is 3.22 bits per heavy atom. The lowest BCUT2D eigenvalue weighted by molar-refractivity contribution is 0.0234. The van der Waals surface area contributed by atoms with E-state index < -0.39 is 0 Å². The summed E-state index contributed by atoms with van der Waals surface area (Å²) in [6, 6.07) is 0.341. The standard InChI is InChI=1S/C11H21N5O2/c1-9-8-18-5-3-10(9)16-11(13-14-15-16)7-12-4-6-17-2/h9-10,12H,3-8H2,1-2H3. The molecule has 2 heterocycles. The molecule has 1 aliphatic heterocycles. The first-order valence-corrected chi connectivity index (χ1v) is 6.37. The van der Waals surface area contributed by atoms with Gasteiger partial charge in [-0.15, -0.1) is 5.10 Å². The molecule has 2 rings (SSSR count). The van der Waals surface area contributed by atoms with Crippen molar-refractivity contribution < 1.29 is 9.47 Å². The first-order valence-electron chi connectivity index (χ1n) is 6.37. The molecule has 1 aromatic heterocycles. The van der Waals surface area contributed by atoms with E-state index in [9.17, 15) is 0 Å². The summed E-state index contributed by atoms with van der Waals surface area (Å²) in [5.41, 5.74) is 0. The molecule has 1 saturated heterocycles. The molecule has 0 aromatic carbocycles. The van der Waals surface area contributed by atoms with E-state index in [2.05, 4.69) is 27.8 Å². The Morgan fingerprint density at radius 1 is 1.56 bits per heavy atom. The van der Waals surface area contributed by atoms with Crippen LogP contribution in [0.1, 0.15) is 25.2 Å². The molecule has 0 aliphatic carbocycles. The summed E-state index contributed by atoms with van der Waals surface area (Å²) in [6.07, 6.45) is 0.970. The van der Waals surface area contributed by atoms with E-state index in [1.54, 1.807) is 7.11 Å². The number of nitrogens with zero attached hydrogens (tertiary/aromatic N) is 4. The van der Waals surface area contributed by atoms with Gasteiger partial charge in [0, 0.05) is 26.2 Å². The van der Waals surface area contributed by atoms with Crippen LogP contribution in [-0.4, -0.2) is 53.7 Å². The lowest BCUT2D eigenvalue weighted by atomic mass is 9.98. The zero-order chi connectivity index (χ0) is 12.8. The molecule has 0 amide bonds. The normalized spacial score (nSPS) is 24.3. The summed E-state index contributed by atoms with van der Waals surface area (Å²) in [4.78, 5) is 0. The summed E-state index contributed by atoms with van der Waals surface area (Å²) in [5, 5.41) is 15.2. The van der Waals surface area contributed by atoms with Crippen LogP contribution in [0.3, 0.4) is 0 Å². The smallest absolute Gasteiger partial charge is 0.165 e. The molecule has 0 saturated carbocycles. The first kappa shape index (κ1) is 13.4. The molecular weight excluding hydrogens is 234 g/mol. The van der Waals surface area contributed by atoms with E-state index >= 15 is 0 Å². The third-order valence-electron chi connectivity index (χ3n) is 3.24. The Hall–Kier alpha value is -1.05. The highest BCUT2D eigenvalue weighted by Crippen LogP contribution is 2.26. The second-order valence-electron chi connectivity index (χ2n) is 4.62. The van der Waals surface area contributed by atoms with E-state index in [0.717, 1.165) is 32.0 Å². The van der Waals surface area contributed by atoms with Crippen LogP contribution >= 0.6 is 0 Å². The summed E-state index contributed by atoms with van der Waals surface area (Å²) < 4.78 is 12.4. The SMILES string of the molecule is COCCNCc1nnnn1C1CCOCC1C. The quantitative estimate of drug-likeness (QED) is 0.722. The van der Waals surface area contributed by atoms with Gasteiger partial charge in [0.15, 0.2) is 5.82 Å². The average molecular weight is 255 g/mol. The van der Waals surface area contributed by atoms with Crippen molar-refractivity contribution in [3.8, 4) is 0 Å². The van der Waals surface area contributed by atoms with Gasteiger partial charge in [0.1, 0.15) is 0 Å². The molecule has 0 bridgehead atoms. The van der Waals surface area contributed by atoms with Gasteiger partial charge in [0.05, 0.1) is 25.8 Å². The number of ether oxygens (including phenoxy) is 2. The predicted octanol–water partition coefficient (Wildman–Crippen LogP) is 0.00660. The third kappa shape index (κ3) is 3.24. The summed E-state index contributed by atoms with van der Waals surface area (Å²) in [5.74, 6) is 1.32. The summed E-state index contributed by atoms with van der Waals surface area (Å²) in [6.45, 7) is 5.89. The molecular formula is C11H21N5O2. The summed E-state index contributed by atoms with van der Waals surface area (Å²) in [7, 11) is 1.69. The van der Waals surface area contributed by atoms with Crippen molar-refractivity contribution in [3.63, 3.8) is 0 Å². The number of nitrogens with one attached hydrogen (secondary N) is 1. The van der Waals surface area contributed by atoms with Crippen molar-refractivity contribution in [2.24, 2.45) is 5.92 Å². The van der Waals surface area contributed by atoms with Gasteiger partial charge < -0.3 is 14.8 Å². The number of methoxy groups -OCH3 is 1. The Bertz CT molecular complexity index is 357. The number of tetrazole rings is 1. The van der Waals surface area contributed by atoms with Gasteiger partial charge >= 0.3 is 0 Å². The van der Waals surface area contributed by atoms with Crippen LogP contribution in [0.15, 0.2) is 0 Å². The molecule has 18 heavy (non-hydrogen) atoms. The van der Waals surface area contributed by atoms with Crippen LogP contribution in [0, 0.1) is 5.92 Å². The Morgan fingerprint density at radius 2 is 2.44 bits per heavy atom. The molecule has 7 nitrogen and oxygen atoms in total. The second-order valence-corrected chi connectivity index (χ2v) is 4.62. The molecule has 2 unspecified atom stereocenters. The van der Waals surface area contributed by atoms with Crippen LogP contribution < -0.4 is 5.32 Å². The first-order chi connectivity index (χ1) is 8.83. The van der Waals surface area contributed by atoms with E-state index in [0.29, 0.717) is 25.1 Å². The van der Waals surface area contributed by atoms with Crippen LogP contribution in [0.25, 0.3) is 0 Å². The minimum absolute atomic E-state index is 0.341. The third-order valence-corrected chi connectivity index (χ3v) is 3.24. The average Bonchev–Trinajstić information content (AvgIpc) is 2.83. The highest BCUT2D eigenvalue weighted by molar-refractivity contribution is 4.87.